The molecule has 27 heavy (non-hydrogen) atoms. The second-order valence-corrected chi connectivity index (χ2v) is 6.11. The van der Waals surface area contributed by atoms with Crippen molar-refractivity contribution in [1.82, 2.24) is 5.32 Å². The van der Waals surface area contributed by atoms with E-state index in [-0.39, 0.29) is 5.91 Å². The number of methoxy groups -OCH3 is 1. The Labute approximate surface area is 159 Å². The molecule has 2 aromatic carbocycles. The largest absolute Gasteiger partial charge is 0.496 e. The zero-order valence-electron chi connectivity index (χ0n) is 15.4. The molecule has 1 heterocycles. The van der Waals surface area contributed by atoms with Gasteiger partial charge in [0, 0.05) is 6.54 Å². The van der Waals surface area contributed by atoms with E-state index in [1.54, 1.807) is 25.5 Å². The molecule has 0 spiro atoms. The molecule has 0 radical (unpaired) electrons. The van der Waals surface area contributed by atoms with Gasteiger partial charge in [0.2, 0.25) is 0 Å². The molecular weight excluding hydrogens is 338 g/mol. The number of benzene rings is 2. The first kappa shape index (κ1) is 18.5. The molecule has 1 N–H and O–H groups in total. The molecule has 0 fully saturated rings. The topological polar surface area (TPSA) is 51.5 Å². The van der Waals surface area contributed by atoms with E-state index in [1.807, 2.05) is 60.7 Å². The van der Waals surface area contributed by atoms with E-state index >= 15 is 0 Å². The number of aryl methyl sites for hydroxylation is 1. The number of hydrogen-bond acceptors (Lipinski definition) is 3. The molecule has 4 nitrogen and oxygen atoms in total. The first-order chi connectivity index (χ1) is 13.3. The van der Waals surface area contributed by atoms with E-state index in [0.717, 1.165) is 29.7 Å². The van der Waals surface area contributed by atoms with Gasteiger partial charge in [-0.3, -0.25) is 4.79 Å². The molecule has 0 saturated carbocycles. The Bertz CT molecular complexity index is 883. The van der Waals surface area contributed by atoms with Gasteiger partial charge in [0.15, 0.2) is 0 Å². The van der Waals surface area contributed by atoms with Gasteiger partial charge in [-0.25, -0.2) is 0 Å². The van der Waals surface area contributed by atoms with Gasteiger partial charge in [-0.05, 0) is 48.2 Å². The van der Waals surface area contributed by atoms with Crippen molar-refractivity contribution in [3.8, 4) is 5.75 Å². The minimum atomic E-state index is -0.113. The summed E-state index contributed by atoms with van der Waals surface area (Å²) in [5, 5.41) is 3.01. The van der Waals surface area contributed by atoms with E-state index in [9.17, 15) is 4.79 Å². The second-order valence-electron chi connectivity index (χ2n) is 6.11. The third kappa shape index (κ3) is 5.11. The highest BCUT2D eigenvalue weighted by Crippen LogP contribution is 2.20. The zero-order valence-corrected chi connectivity index (χ0v) is 15.4. The Balaban J connectivity index is 1.63. The molecule has 0 atom stereocenters. The molecule has 138 valence electrons. The predicted octanol–water partition coefficient (Wildman–Crippen LogP) is 4.58. The number of ether oxygens (including phenoxy) is 1. The van der Waals surface area contributed by atoms with Gasteiger partial charge in [0.1, 0.15) is 11.5 Å². The first-order valence-electron chi connectivity index (χ1n) is 8.98. The zero-order chi connectivity index (χ0) is 18.9. The van der Waals surface area contributed by atoms with Crippen molar-refractivity contribution in [1.29, 1.82) is 0 Å². The van der Waals surface area contributed by atoms with Crippen molar-refractivity contribution in [2.45, 2.75) is 12.8 Å². The summed E-state index contributed by atoms with van der Waals surface area (Å²) in [6.07, 6.45) is 5.03. The van der Waals surface area contributed by atoms with Gasteiger partial charge in [-0.2, -0.15) is 0 Å². The van der Waals surface area contributed by atoms with Gasteiger partial charge >= 0.3 is 0 Å². The predicted molar refractivity (Wildman–Crippen MR) is 107 cm³/mol. The minimum Gasteiger partial charge on any atom is -0.496 e. The molecule has 1 aromatic heterocycles. The Hall–Kier alpha value is -3.27. The van der Waals surface area contributed by atoms with Crippen LogP contribution in [-0.4, -0.2) is 19.6 Å². The number of carbonyl (C=O) groups excluding carboxylic acids is 1. The second kappa shape index (κ2) is 9.43. The average molecular weight is 361 g/mol. The molecule has 0 bridgehead atoms. The lowest BCUT2D eigenvalue weighted by molar-refractivity contribution is -0.115. The highest BCUT2D eigenvalue weighted by molar-refractivity contribution is 6.24. The number of furan rings is 1. The molecule has 0 unspecified atom stereocenters. The molecular formula is C23H23NO3. The van der Waals surface area contributed by atoms with Crippen LogP contribution in [0.15, 0.2) is 77.4 Å². The number of para-hydroxylation sites is 1. The SMILES string of the molecule is COc1ccccc1CCCNC(=O)/C(=C/c1ccco1)c1ccccc1. The van der Waals surface area contributed by atoms with Crippen molar-refractivity contribution >= 4 is 17.6 Å². The van der Waals surface area contributed by atoms with E-state index in [0.29, 0.717) is 17.9 Å². The fourth-order valence-electron chi connectivity index (χ4n) is 2.90. The fourth-order valence-corrected chi connectivity index (χ4v) is 2.90. The molecule has 0 aliphatic carbocycles. The molecule has 3 rings (SSSR count). The van der Waals surface area contributed by atoms with Crippen molar-refractivity contribution in [2.75, 3.05) is 13.7 Å². The van der Waals surface area contributed by atoms with Crippen LogP contribution in [0.1, 0.15) is 23.3 Å². The van der Waals surface area contributed by atoms with Crippen LogP contribution in [0.3, 0.4) is 0 Å². The maximum Gasteiger partial charge on any atom is 0.252 e. The first-order valence-corrected chi connectivity index (χ1v) is 8.98. The standard InChI is InChI=1S/C23H23NO3/c1-26-22-14-6-5-11-19(22)12-7-15-24-23(25)21(17-20-13-8-16-27-20)18-9-3-2-4-10-18/h2-6,8-11,13-14,16-17H,7,12,15H2,1H3,(H,24,25)/b21-17+. The maximum absolute atomic E-state index is 12.8. The smallest absolute Gasteiger partial charge is 0.252 e. The summed E-state index contributed by atoms with van der Waals surface area (Å²) >= 11 is 0. The molecule has 3 aromatic rings. The summed E-state index contributed by atoms with van der Waals surface area (Å²) in [6, 6.07) is 21.2. The van der Waals surface area contributed by atoms with E-state index < -0.39 is 0 Å². The number of nitrogens with one attached hydrogen (secondary N) is 1. The van der Waals surface area contributed by atoms with Gasteiger partial charge in [-0.15, -0.1) is 0 Å². The highest BCUT2D eigenvalue weighted by Gasteiger charge is 2.12. The summed E-state index contributed by atoms with van der Waals surface area (Å²) in [5.74, 6) is 1.42. The summed E-state index contributed by atoms with van der Waals surface area (Å²) in [7, 11) is 1.67. The molecule has 0 aliphatic rings. The minimum absolute atomic E-state index is 0.113. The van der Waals surface area contributed by atoms with Crippen molar-refractivity contribution < 1.29 is 13.9 Å². The normalized spacial score (nSPS) is 11.2. The van der Waals surface area contributed by atoms with Crippen LogP contribution in [0.25, 0.3) is 11.6 Å². The molecule has 4 heteroatoms. The number of amides is 1. The average Bonchev–Trinajstić information content (AvgIpc) is 3.23. The fraction of sp³-hybridized carbons (Fsp3) is 0.174. The monoisotopic (exact) mass is 361 g/mol. The number of carbonyl (C=O) groups is 1. The Morgan fingerprint density at radius 1 is 1.04 bits per heavy atom. The van der Waals surface area contributed by atoms with Crippen LogP contribution < -0.4 is 10.1 Å². The number of hydrogen-bond donors (Lipinski definition) is 1. The van der Waals surface area contributed by atoms with E-state index in [4.69, 9.17) is 9.15 Å². The molecule has 1 amide bonds. The third-order valence-corrected chi connectivity index (χ3v) is 4.26. The maximum atomic E-state index is 12.8. The molecule has 0 saturated heterocycles. The van der Waals surface area contributed by atoms with Crippen LogP contribution >= 0.6 is 0 Å². The lowest BCUT2D eigenvalue weighted by Crippen LogP contribution is -2.25. The summed E-state index contributed by atoms with van der Waals surface area (Å²) < 4.78 is 10.7. The van der Waals surface area contributed by atoms with Crippen LogP contribution in [0.2, 0.25) is 0 Å². The van der Waals surface area contributed by atoms with Gasteiger partial charge in [-0.1, -0.05) is 48.5 Å². The summed E-state index contributed by atoms with van der Waals surface area (Å²) in [6.45, 7) is 0.583. The molecule has 0 aliphatic heterocycles. The Kier molecular flexibility index (Phi) is 6.47. The van der Waals surface area contributed by atoms with Crippen molar-refractivity contribution in [3.05, 3.63) is 89.9 Å². The number of rotatable bonds is 8. The van der Waals surface area contributed by atoms with Gasteiger partial charge in [0.05, 0.1) is 18.9 Å². The van der Waals surface area contributed by atoms with Gasteiger partial charge < -0.3 is 14.5 Å². The van der Waals surface area contributed by atoms with Crippen molar-refractivity contribution in [3.63, 3.8) is 0 Å². The summed E-state index contributed by atoms with van der Waals surface area (Å²) in [4.78, 5) is 12.8. The lowest BCUT2D eigenvalue weighted by atomic mass is 10.0. The summed E-state index contributed by atoms with van der Waals surface area (Å²) in [5.41, 5.74) is 2.59. The third-order valence-electron chi connectivity index (χ3n) is 4.26. The van der Waals surface area contributed by atoms with Crippen molar-refractivity contribution in [2.24, 2.45) is 0 Å². The van der Waals surface area contributed by atoms with Crippen LogP contribution in [0.5, 0.6) is 5.75 Å². The van der Waals surface area contributed by atoms with E-state index in [2.05, 4.69) is 5.32 Å². The highest BCUT2D eigenvalue weighted by atomic mass is 16.5. The van der Waals surface area contributed by atoms with Crippen LogP contribution in [0.4, 0.5) is 0 Å². The van der Waals surface area contributed by atoms with Crippen LogP contribution in [0, 0.1) is 0 Å². The van der Waals surface area contributed by atoms with E-state index in [1.165, 1.54) is 0 Å². The van der Waals surface area contributed by atoms with Gasteiger partial charge in [0.25, 0.3) is 5.91 Å². The Morgan fingerprint density at radius 2 is 1.81 bits per heavy atom. The Morgan fingerprint density at radius 3 is 2.56 bits per heavy atom. The lowest BCUT2D eigenvalue weighted by Gasteiger charge is -2.10. The van der Waals surface area contributed by atoms with Crippen LogP contribution in [-0.2, 0) is 11.2 Å². The quantitative estimate of drug-likeness (QED) is 0.472.